The van der Waals surface area contributed by atoms with Gasteiger partial charge < -0.3 is 15.5 Å². The van der Waals surface area contributed by atoms with Crippen molar-refractivity contribution in [3.8, 4) is 0 Å². The predicted octanol–water partition coefficient (Wildman–Crippen LogP) is 2.84. The van der Waals surface area contributed by atoms with E-state index in [0.717, 1.165) is 35.6 Å². The summed E-state index contributed by atoms with van der Waals surface area (Å²) in [6.45, 7) is 1.81. The van der Waals surface area contributed by atoms with Crippen LogP contribution >= 0.6 is 11.3 Å². The molecule has 0 saturated heterocycles. The number of nitrogens with zero attached hydrogens (tertiary/aromatic N) is 2. The second kappa shape index (κ2) is 6.54. The Bertz CT molecular complexity index is 921. The Morgan fingerprint density at radius 2 is 2.15 bits per heavy atom. The van der Waals surface area contributed by atoms with Gasteiger partial charge in [0.1, 0.15) is 11.2 Å². The molecule has 8 heteroatoms. The van der Waals surface area contributed by atoms with Gasteiger partial charge in [0.05, 0.1) is 16.1 Å². The van der Waals surface area contributed by atoms with Crippen LogP contribution in [0.5, 0.6) is 0 Å². The number of benzene rings is 1. The molecule has 0 spiro atoms. The Morgan fingerprint density at radius 1 is 1.35 bits per heavy atom. The van der Waals surface area contributed by atoms with Crippen LogP contribution in [0, 0.1) is 10.1 Å². The standard InChI is InChI=1S/C18H18N4O3S/c1-21-9-8-12-14(10-21)26-18-16(12)17(23)19-15(20-18)7-6-11-4-2-3-5-13(11)22(24)25/h2-7,15,20H,8-10H2,1H3,(H,19,23). The van der Waals surface area contributed by atoms with Gasteiger partial charge in [-0.3, -0.25) is 14.9 Å². The minimum atomic E-state index is -0.408. The van der Waals surface area contributed by atoms with Crippen LogP contribution < -0.4 is 10.6 Å². The molecule has 0 radical (unpaired) electrons. The summed E-state index contributed by atoms with van der Waals surface area (Å²) in [6.07, 6.45) is 3.90. The SMILES string of the molecule is CN1CCc2c(sc3c2C(=O)NC(C=Cc2ccccc2[N+](=O)[O-])N3)C1. The van der Waals surface area contributed by atoms with Crippen molar-refractivity contribution in [3.63, 3.8) is 0 Å². The molecule has 3 heterocycles. The number of nitrogens with one attached hydrogen (secondary N) is 2. The molecule has 2 N–H and O–H groups in total. The largest absolute Gasteiger partial charge is 0.353 e. The van der Waals surface area contributed by atoms with E-state index >= 15 is 0 Å². The van der Waals surface area contributed by atoms with Gasteiger partial charge in [0.15, 0.2) is 0 Å². The maximum absolute atomic E-state index is 12.6. The first-order chi connectivity index (χ1) is 12.5. The van der Waals surface area contributed by atoms with Crippen LogP contribution in [0.2, 0.25) is 0 Å². The van der Waals surface area contributed by atoms with E-state index in [-0.39, 0.29) is 11.6 Å². The summed E-state index contributed by atoms with van der Waals surface area (Å²) in [5.74, 6) is -0.0852. The Morgan fingerprint density at radius 3 is 2.96 bits per heavy atom. The van der Waals surface area contributed by atoms with Crippen molar-refractivity contribution in [1.82, 2.24) is 10.2 Å². The Labute approximate surface area is 154 Å². The zero-order chi connectivity index (χ0) is 18.3. The number of nitro groups is 1. The van der Waals surface area contributed by atoms with Gasteiger partial charge in [0.2, 0.25) is 0 Å². The summed E-state index contributed by atoms with van der Waals surface area (Å²) in [5.41, 5.74) is 2.45. The van der Waals surface area contributed by atoms with Crippen LogP contribution in [0.15, 0.2) is 30.3 Å². The normalized spacial score (nSPS) is 19.6. The minimum Gasteiger partial charge on any atom is -0.353 e. The van der Waals surface area contributed by atoms with Crippen molar-refractivity contribution in [3.05, 3.63) is 62.0 Å². The third-order valence-corrected chi connectivity index (χ3v) is 5.80. The summed E-state index contributed by atoms with van der Waals surface area (Å²) < 4.78 is 0. The zero-order valence-corrected chi connectivity index (χ0v) is 15.0. The highest BCUT2D eigenvalue weighted by atomic mass is 32.1. The molecule has 0 bridgehead atoms. The number of rotatable bonds is 3. The molecule has 4 rings (SSSR count). The van der Waals surface area contributed by atoms with Crippen molar-refractivity contribution >= 4 is 34.0 Å². The van der Waals surface area contributed by atoms with E-state index in [1.165, 1.54) is 10.9 Å². The maximum atomic E-state index is 12.6. The lowest BCUT2D eigenvalue weighted by Crippen LogP contribution is -2.43. The quantitative estimate of drug-likeness (QED) is 0.641. The summed E-state index contributed by atoms with van der Waals surface area (Å²) in [5, 5.41) is 18.2. The monoisotopic (exact) mass is 370 g/mol. The van der Waals surface area contributed by atoms with Crippen LogP contribution in [0.3, 0.4) is 0 Å². The van der Waals surface area contributed by atoms with Crippen LogP contribution in [-0.4, -0.2) is 35.5 Å². The first kappa shape index (κ1) is 16.7. The number of anilines is 1. The van der Waals surface area contributed by atoms with Gasteiger partial charge >= 0.3 is 0 Å². The third kappa shape index (κ3) is 2.97. The number of para-hydroxylation sites is 1. The van der Waals surface area contributed by atoms with Crippen molar-refractivity contribution in [2.24, 2.45) is 0 Å². The van der Waals surface area contributed by atoms with Gasteiger partial charge in [0, 0.05) is 24.0 Å². The minimum absolute atomic E-state index is 0.0428. The van der Waals surface area contributed by atoms with Crippen LogP contribution in [0.4, 0.5) is 10.7 Å². The first-order valence-corrected chi connectivity index (χ1v) is 9.16. The Kier molecular flexibility index (Phi) is 4.21. The number of fused-ring (bicyclic) bond motifs is 3. The van der Waals surface area contributed by atoms with Gasteiger partial charge in [-0.1, -0.05) is 12.1 Å². The smallest absolute Gasteiger partial charge is 0.276 e. The molecule has 0 saturated carbocycles. The first-order valence-electron chi connectivity index (χ1n) is 8.35. The molecular formula is C18H18N4O3S. The van der Waals surface area contributed by atoms with Crippen LogP contribution in [0.1, 0.15) is 26.4 Å². The number of likely N-dealkylation sites (N-methyl/N-ethyl adjacent to an activating group) is 1. The van der Waals surface area contributed by atoms with E-state index in [4.69, 9.17) is 0 Å². The second-order valence-electron chi connectivity index (χ2n) is 6.47. The van der Waals surface area contributed by atoms with Crippen molar-refractivity contribution in [2.75, 3.05) is 18.9 Å². The lowest BCUT2D eigenvalue weighted by molar-refractivity contribution is -0.385. The molecule has 2 aromatic rings. The third-order valence-electron chi connectivity index (χ3n) is 4.65. The van der Waals surface area contributed by atoms with Gasteiger partial charge in [-0.05, 0) is 37.3 Å². The van der Waals surface area contributed by atoms with E-state index in [0.29, 0.717) is 5.56 Å². The molecule has 2 aliphatic rings. The number of carbonyl (C=O) groups is 1. The Hall–Kier alpha value is -2.71. The summed E-state index contributed by atoms with van der Waals surface area (Å²) in [6, 6.07) is 6.54. The number of thiophene rings is 1. The summed E-state index contributed by atoms with van der Waals surface area (Å²) >= 11 is 1.62. The molecule has 0 fully saturated rings. The number of amides is 1. The fourth-order valence-corrected chi connectivity index (χ4v) is 4.72. The zero-order valence-electron chi connectivity index (χ0n) is 14.2. The lowest BCUT2D eigenvalue weighted by atomic mass is 10.0. The molecule has 1 amide bonds. The number of hydrogen-bond acceptors (Lipinski definition) is 6. The lowest BCUT2D eigenvalue weighted by Gasteiger charge is -2.25. The van der Waals surface area contributed by atoms with Crippen molar-refractivity contribution < 1.29 is 9.72 Å². The molecule has 134 valence electrons. The van der Waals surface area contributed by atoms with Gasteiger partial charge in [-0.2, -0.15) is 0 Å². The van der Waals surface area contributed by atoms with E-state index in [1.807, 2.05) is 0 Å². The predicted molar refractivity (Wildman–Crippen MR) is 101 cm³/mol. The topological polar surface area (TPSA) is 87.5 Å². The molecule has 1 unspecified atom stereocenters. The molecule has 26 heavy (non-hydrogen) atoms. The van der Waals surface area contributed by atoms with E-state index in [9.17, 15) is 14.9 Å². The molecular weight excluding hydrogens is 352 g/mol. The van der Waals surface area contributed by atoms with E-state index in [2.05, 4.69) is 22.6 Å². The highest BCUT2D eigenvalue weighted by molar-refractivity contribution is 7.16. The Balaban J connectivity index is 1.59. The molecule has 1 aromatic carbocycles. The fourth-order valence-electron chi connectivity index (χ4n) is 3.35. The van der Waals surface area contributed by atoms with Gasteiger partial charge in [0.25, 0.3) is 11.6 Å². The summed E-state index contributed by atoms with van der Waals surface area (Å²) in [7, 11) is 2.08. The fraction of sp³-hybridized carbons (Fsp3) is 0.278. The highest BCUT2D eigenvalue weighted by Crippen LogP contribution is 2.38. The van der Waals surface area contributed by atoms with Crippen molar-refractivity contribution in [1.29, 1.82) is 0 Å². The number of carbonyl (C=O) groups excluding carboxylic acids is 1. The molecule has 2 aliphatic heterocycles. The van der Waals surface area contributed by atoms with E-state index < -0.39 is 11.1 Å². The average molecular weight is 370 g/mol. The summed E-state index contributed by atoms with van der Waals surface area (Å²) in [4.78, 5) is 26.8. The average Bonchev–Trinajstić information content (AvgIpc) is 2.97. The molecule has 7 nitrogen and oxygen atoms in total. The second-order valence-corrected chi connectivity index (χ2v) is 7.57. The van der Waals surface area contributed by atoms with Gasteiger partial charge in [-0.15, -0.1) is 11.3 Å². The van der Waals surface area contributed by atoms with E-state index in [1.54, 1.807) is 41.7 Å². The molecule has 1 atom stereocenters. The van der Waals surface area contributed by atoms with Crippen molar-refractivity contribution in [2.45, 2.75) is 19.1 Å². The van der Waals surface area contributed by atoms with Crippen LogP contribution in [-0.2, 0) is 13.0 Å². The number of nitro benzene ring substituents is 1. The number of hydrogen-bond donors (Lipinski definition) is 2. The van der Waals surface area contributed by atoms with Gasteiger partial charge in [-0.25, -0.2) is 0 Å². The van der Waals surface area contributed by atoms with Crippen LogP contribution in [0.25, 0.3) is 6.08 Å². The highest BCUT2D eigenvalue weighted by Gasteiger charge is 2.31. The molecule has 0 aliphatic carbocycles. The molecule has 1 aromatic heterocycles. The maximum Gasteiger partial charge on any atom is 0.276 e.